The zero-order chi connectivity index (χ0) is 21.7. The summed E-state index contributed by atoms with van der Waals surface area (Å²) in [6.07, 6.45) is 0. The van der Waals surface area contributed by atoms with Crippen LogP contribution in [-0.4, -0.2) is 70.8 Å². The van der Waals surface area contributed by atoms with Crippen molar-refractivity contribution in [3.05, 3.63) is 0 Å². The minimum absolute atomic E-state index is 0.0115. The number of nitrogens with zero attached hydrogens (tertiary/aromatic N) is 2. The van der Waals surface area contributed by atoms with Crippen LogP contribution < -0.4 is 0 Å². The van der Waals surface area contributed by atoms with E-state index in [-0.39, 0.29) is 29.9 Å². The van der Waals surface area contributed by atoms with E-state index >= 15 is 0 Å². The predicted octanol–water partition coefficient (Wildman–Crippen LogP) is 3.37. The minimum Gasteiger partial charge on any atom is -0.467 e. The summed E-state index contributed by atoms with van der Waals surface area (Å²) in [5.41, 5.74) is 3.48. The minimum atomic E-state index is -1.65. The zero-order valence-corrected chi connectivity index (χ0v) is 22.3. The molecule has 0 bridgehead atoms. The van der Waals surface area contributed by atoms with Crippen LogP contribution in [0.1, 0.15) is 13.8 Å². The molecule has 0 saturated carbocycles. The summed E-state index contributed by atoms with van der Waals surface area (Å²) < 4.78 is 7.68. The number of carbonyl (C=O) groups excluding carboxylic acids is 2. The normalized spacial score (nSPS) is 27.8. The van der Waals surface area contributed by atoms with Gasteiger partial charge in [-0.05, 0) is 18.0 Å². The smallest absolute Gasteiger partial charge is 0.328 e. The molecule has 2 heterocycles. The van der Waals surface area contributed by atoms with Crippen LogP contribution in [0.25, 0.3) is 0 Å². The molecule has 0 aliphatic carbocycles. The van der Waals surface area contributed by atoms with E-state index in [1.807, 2.05) is 13.8 Å². The van der Waals surface area contributed by atoms with Gasteiger partial charge in [0.2, 0.25) is 5.91 Å². The molecule has 0 N–H and O–H groups in total. The van der Waals surface area contributed by atoms with Crippen molar-refractivity contribution in [2.24, 2.45) is 5.92 Å². The van der Waals surface area contributed by atoms with Crippen molar-refractivity contribution in [1.29, 1.82) is 0 Å². The van der Waals surface area contributed by atoms with Gasteiger partial charge in [0.15, 0.2) is 0 Å². The Bertz CT molecular complexity index is 688. The molecule has 8 heteroatoms. The summed E-state index contributed by atoms with van der Waals surface area (Å²) in [6, 6.07) is 1.54. The fourth-order valence-corrected chi connectivity index (χ4v) is 19.9. The Morgan fingerprint density at radius 2 is 1.64 bits per heavy atom. The number of rotatable bonds is 4. The van der Waals surface area contributed by atoms with Gasteiger partial charge in [0.1, 0.15) is 42.7 Å². The molecule has 0 aromatic rings. The first-order valence-corrected chi connectivity index (χ1v) is 20.2. The second-order valence-corrected chi connectivity index (χ2v) is 25.3. The predicted molar refractivity (Wildman–Crippen MR) is 123 cm³/mol. The number of hydrogen-bond acceptors (Lipinski definition) is 4. The van der Waals surface area contributed by atoms with Gasteiger partial charge in [0.05, 0.1) is 7.11 Å². The molecule has 2 rings (SSSR count). The van der Waals surface area contributed by atoms with E-state index in [1.165, 1.54) is 19.2 Å². The van der Waals surface area contributed by atoms with Crippen molar-refractivity contribution in [3.63, 3.8) is 0 Å². The first kappa shape index (κ1) is 23.4. The first-order chi connectivity index (χ1) is 12.6. The van der Waals surface area contributed by atoms with Gasteiger partial charge < -0.3 is 13.9 Å². The second-order valence-electron chi connectivity index (χ2n) is 10.9. The fourth-order valence-electron chi connectivity index (χ4n) is 4.75. The molecule has 5 nitrogen and oxygen atoms in total. The van der Waals surface area contributed by atoms with E-state index in [0.29, 0.717) is 0 Å². The lowest BCUT2D eigenvalue weighted by Gasteiger charge is -2.57. The maximum absolute atomic E-state index is 13.5. The molecule has 0 aromatic heterocycles. The van der Waals surface area contributed by atoms with Crippen molar-refractivity contribution in [1.82, 2.24) is 9.13 Å². The Hall–Kier alpha value is -0.889. The largest absolute Gasteiger partial charge is 0.467 e. The van der Waals surface area contributed by atoms with Gasteiger partial charge in [-0.15, -0.1) is 5.54 Å². The van der Waals surface area contributed by atoms with Crippen molar-refractivity contribution in [3.8, 4) is 11.5 Å². The number of hydrogen-bond donors (Lipinski definition) is 0. The van der Waals surface area contributed by atoms with Crippen LogP contribution in [0, 0.1) is 17.4 Å². The molecule has 158 valence electrons. The third kappa shape index (κ3) is 4.32. The zero-order valence-electron chi connectivity index (χ0n) is 19.3. The lowest BCUT2D eigenvalue weighted by atomic mass is 9.89. The Balaban J connectivity index is 2.51. The first-order valence-electron chi connectivity index (χ1n) is 10.4. The van der Waals surface area contributed by atoms with Crippen LogP contribution in [0.4, 0.5) is 0 Å². The van der Waals surface area contributed by atoms with Gasteiger partial charge in [0.25, 0.3) is 0 Å². The quantitative estimate of drug-likeness (QED) is 0.292. The molecule has 3 atom stereocenters. The average Bonchev–Trinajstić information content (AvgIpc) is 2.76. The number of esters is 1. The lowest BCUT2D eigenvalue weighted by molar-refractivity contribution is -0.168. The van der Waals surface area contributed by atoms with Gasteiger partial charge >= 0.3 is 5.97 Å². The van der Waals surface area contributed by atoms with E-state index in [9.17, 15) is 9.59 Å². The second kappa shape index (κ2) is 7.74. The van der Waals surface area contributed by atoms with Crippen LogP contribution in [-0.2, 0) is 14.3 Å². The van der Waals surface area contributed by atoms with Crippen molar-refractivity contribution >= 4 is 36.4 Å². The topological polar surface area (TPSA) is 49.9 Å². The summed E-state index contributed by atoms with van der Waals surface area (Å²) >= 11 is 0. The maximum atomic E-state index is 13.5. The average molecular weight is 439 g/mol. The third-order valence-electron chi connectivity index (χ3n) is 6.01. The number of ether oxygens (including phenoxy) is 1. The highest BCUT2D eigenvalue weighted by molar-refractivity contribution is 6.95. The molecule has 2 saturated heterocycles. The lowest BCUT2D eigenvalue weighted by Crippen LogP contribution is -2.79. The van der Waals surface area contributed by atoms with Crippen molar-refractivity contribution in [2.75, 3.05) is 7.11 Å². The SMILES string of the molecule is COC(=O)[C@H](C(C)C)N1C(=O)[C@@H](N2[Si](C)(C)CC[Si]2(C)C)[C@@H]1C#C[Si](C)(C)C. The number of amides is 1. The Morgan fingerprint density at radius 1 is 1.14 bits per heavy atom. The van der Waals surface area contributed by atoms with E-state index in [2.05, 4.69) is 61.5 Å². The number of β-lactam (4-membered cyclic amide) rings is 1. The Morgan fingerprint density at radius 3 is 2.04 bits per heavy atom. The molecule has 1 amide bonds. The Kier molecular flexibility index (Phi) is 6.47. The van der Waals surface area contributed by atoms with Crippen molar-refractivity contribution < 1.29 is 14.3 Å². The molecular weight excluding hydrogens is 400 g/mol. The van der Waals surface area contributed by atoms with Gasteiger partial charge in [-0.1, -0.05) is 65.6 Å². The molecule has 28 heavy (non-hydrogen) atoms. The highest BCUT2D eigenvalue weighted by Gasteiger charge is 2.62. The van der Waals surface area contributed by atoms with Crippen LogP contribution in [0.15, 0.2) is 0 Å². The number of carbonyl (C=O) groups is 2. The summed E-state index contributed by atoms with van der Waals surface area (Å²) in [6.45, 7) is 20.1. The van der Waals surface area contributed by atoms with Gasteiger partial charge in [-0.3, -0.25) is 4.79 Å². The van der Waals surface area contributed by atoms with Crippen LogP contribution in [0.5, 0.6) is 0 Å². The van der Waals surface area contributed by atoms with Crippen LogP contribution in [0.2, 0.25) is 57.9 Å². The van der Waals surface area contributed by atoms with Crippen LogP contribution in [0.3, 0.4) is 0 Å². The van der Waals surface area contributed by atoms with Crippen molar-refractivity contribution in [2.45, 2.75) is 89.9 Å². The fraction of sp³-hybridized carbons (Fsp3) is 0.800. The summed E-state index contributed by atoms with van der Waals surface area (Å²) in [4.78, 5) is 27.7. The molecule has 2 aliphatic heterocycles. The van der Waals surface area contributed by atoms with E-state index in [0.717, 1.165) is 0 Å². The Labute approximate surface area is 174 Å². The monoisotopic (exact) mass is 438 g/mol. The molecular formula is C20H38N2O3Si3. The van der Waals surface area contributed by atoms with Gasteiger partial charge in [-0.2, -0.15) is 0 Å². The maximum Gasteiger partial charge on any atom is 0.328 e. The van der Waals surface area contributed by atoms with Crippen LogP contribution >= 0.6 is 0 Å². The third-order valence-corrected chi connectivity index (χ3v) is 17.1. The highest BCUT2D eigenvalue weighted by Crippen LogP contribution is 2.43. The van der Waals surface area contributed by atoms with Gasteiger partial charge in [0, 0.05) is 0 Å². The van der Waals surface area contributed by atoms with E-state index in [4.69, 9.17) is 4.74 Å². The summed E-state index contributed by atoms with van der Waals surface area (Å²) in [7, 11) is -3.50. The molecule has 2 fully saturated rings. The van der Waals surface area contributed by atoms with E-state index < -0.39 is 30.6 Å². The van der Waals surface area contributed by atoms with E-state index in [1.54, 1.807) is 4.90 Å². The standard InChI is InChI=1S/C20H38N2O3Si3/c1-15(2)17(20(24)25-3)21-16(11-12-26(4,5)6)18(19(21)23)22-27(7,8)13-14-28(22,9)10/h15-18H,13-14H2,1-10H3/t16-,17-,18-/m0/s1. The van der Waals surface area contributed by atoms with Gasteiger partial charge in [-0.25, -0.2) is 4.79 Å². The number of methoxy groups -OCH3 is 1. The number of likely N-dealkylation sites (tertiary alicyclic amines) is 1. The molecule has 2 aliphatic rings. The molecule has 0 radical (unpaired) electrons. The molecule has 0 spiro atoms. The summed E-state index contributed by atoms with van der Waals surface area (Å²) in [5.74, 6) is 3.19. The molecule has 0 unspecified atom stereocenters. The molecule has 0 aromatic carbocycles. The summed E-state index contributed by atoms with van der Waals surface area (Å²) in [5, 5.41) is 0. The highest BCUT2D eigenvalue weighted by atomic mass is 28.4.